The van der Waals surface area contributed by atoms with Crippen LogP contribution in [-0.2, 0) is 13.0 Å². The molecule has 0 spiro atoms. The first-order chi connectivity index (χ1) is 8.92. The minimum Gasteiger partial charge on any atom is -0.312 e. The van der Waals surface area contributed by atoms with E-state index in [1.54, 1.807) is 0 Å². The van der Waals surface area contributed by atoms with E-state index in [0.717, 1.165) is 26.1 Å². The monoisotopic (exact) mass is 260 g/mol. The average molecular weight is 260 g/mol. The van der Waals surface area contributed by atoms with E-state index in [9.17, 15) is 0 Å². The SMILES string of the molecule is C=CCN(C)Cc1ccccc1CCNC(C)(C)C. The van der Waals surface area contributed by atoms with Crippen LogP contribution in [-0.4, -0.2) is 30.6 Å². The van der Waals surface area contributed by atoms with Crippen LogP contribution in [0.4, 0.5) is 0 Å². The molecule has 0 saturated heterocycles. The Hall–Kier alpha value is -1.12. The van der Waals surface area contributed by atoms with Crippen molar-refractivity contribution in [2.24, 2.45) is 0 Å². The minimum atomic E-state index is 0.189. The lowest BCUT2D eigenvalue weighted by Gasteiger charge is -2.22. The van der Waals surface area contributed by atoms with Gasteiger partial charge in [0, 0.05) is 18.6 Å². The summed E-state index contributed by atoms with van der Waals surface area (Å²) in [7, 11) is 2.13. The fourth-order valence-electron chi connectivity index (χ4n) is 2.10. The van der Waals surface area contributed by atoms with Crippen LogP contribution < -0.4 is 5.32 Å². The minimum absolute atomic E-state index is 0.189. The van der Waals surface area contributed by atoms with Gasteiger partial charge in [0.25, 0.3) is 0 Å². The Bertz CT molecular complexity index is 390. The van der Waals surface area contributed by atoms with Crippen molar-refractivity contribution < 1.29 is 0 Å². The molecule has 0 bridgehead atoms. The van der Waals surface area contributed by atoms with Crippen LogP contribution in [0, 0.1) is 0 Å². The van der Waals surface area contributed by atoms with Crippen LogP contribution in [0.2, 0.25) is 0 Å². The predicted octanol–water partition coefficient (Wildman–Crippen LogP) is 3.24. The van der Waals surface area contributed by atoms with E-state index in [2.05, 4.69) is 68.9 Å². The maximum atomic E-state index is 3.79. The normalized spacial score (nSPS) is 11.8. The molecule has 1 aromatic rings. The molecule has 1 rings (SSSR count). The molecule has 2 nitrogen and oxygen atoms in total. The molecular weight excluding hydrogens is 232 g/mol. The Morgan fingerprint density at radius 3 is 2.42 bits per heavy atom. The highest BCUT2D eigenvalue weighted by Gasteiger charge is 2.09. The summed E-state index contributed by atoms with van der Waals surface area (Å²) in [5, 5.41) is 3.55. The van der Waals surface area contributed by atoms with Crippen molar-refractivity contribution in [2.45, 2.75) is 39.3 Å². The van der Waals surface area contributed by atoms with Gasteiger partial charge in [-0.3, -0.25) is 4.90 Å². The highest BCUT2D eigenvalue weighted by molar-refractivity contribution is 5.27. The summed E-state index contributed by atoms with van der Waals surface area (Å²) in [6, 6.07) is 8.72. The molecule has 19 heavy (non-hydrogen) atoms. The molecule has 0 radical (unpaired) electrons. The second-order valence-electron chi connectivity index (χ2n) is 6.18. The Kier molecular flexibility index (Phi) is 6.26. The van der Waals surface area contributed by atoms with Crippen LogP contribution in [0.25, 0.3) is 0 Å². The predicted molar refractivity (Wildman–Crippen MR) is 84.4 cm³/mol. The quantitative estimate of drug-likeness (QED) is 0.757. The van der Waals surface area contributed by atoms with Gasteiger partial charge in [0.05, 0.1) is 0 Å². The number of hydrogen-bond acceptors (Lipinski definition) is 2. The third kappa shape index (κ3) is 6.55. The molecule has 0 heterocycles. The first kappa shape index (κ1) is 15.9. The maximum absolute atomic E-state index is 3.79. The molecule has 0 saturated carbocycles. The molecule has 0 unspecified atom stereocenters. The van der Waals surface area contributed by atoms with Gasteiger partial charge in [-0.15, -0.1) is 6.58 Å². The lowest BCUT2D eigenvalue weighted by molar-refractivity contribution is 0.361. The number of nitrogens with one attached hydrogen (secondary N) is 1. The summed E-state index contributed by atoms with van der Waals surface area (Å²) in [4.78, 5) is 2.28. The molecule has 0 aliphatic carbocycles. The summed E-state index contributed by atoms with van der Waals surface area (Å²) < 4.78 is 0. The molecule has 1 N–H and O–H groups in total. The molecule has 0 aromatic heterocycles. The van der Waals surface area contributed by atoms with E-state index in [4.69, 9.17) is 0 Å². The third-order valence-electron chi connectivity index (χ3n) is 3.05. The van der Waals surface area contributed by atoms with Crippen molar-refractivity contribution in [3.8, 4) is 0 Å². The van der Waals surface area contributed by atoms with Crippen molar-refractivity contribution in [3.63, 3.8) is 0 Å². The fraction of sp³-hybridized carbons (Fsp3) is 0.529. The van der Waals surface area contributed by atoms with Crippen LogP contribution in [0.1, 0.15) is 31.9 Å². The van der Waals surface area contributed by atoms with E-state index in [1.807, 2.05) is 6.08 Å². The second-order valence-corrected chi connectivity index (χ2v) is 6.18. The summed E-state index contributed by atoms with van der Waals surface area (Å²) in [5.74, 6) is 0. The summed E-state index contributed by atoms with van der Waals surface area (Å²) in [6.45, 7) is 13.3. The fourth-order valence-corrected chi connectivity index (χ4v) is 2.10. The zero-order valence-corrected chi connectivity index (χ0v) is 12.9. The van der Waals surface area contributed by atoms with Crippen LogP contribution in [0.15, 0.2) is 36.9 Å². The van der Waals surface area contributed by atoms with Crippen molar-refractivity contribution in [1.29, 1.82) is 0 Å². The largest absolute Gasteiger partial charge is 0.312 e. The Balaban J connectivity index is 2.60. The Morgan fingerprint density at radius 2 is 1.84 bits per heavy atom. The van der Waals surface area contributed by atoms with Crippen LogP contribution in [0.5, 0.6) is 0 Å². The average Bonchev–Trinajstić information content (AvgIpc) is 2.30. The van der Waals surface area contributed by atoms with E-state index >= 15 is 0 Å². The number of benzene rings is 1. The summed E-state index contributed by atoms with van der Waals surface area (Å²) in [5.41, 5.74) is 3.05. The summed E-state index contributed by atoms with van der Waals surface area (Å²) >= 11 is 0. The van der Waals surface area contributed by atoms with Crippen molar-refractivity contribution >= 4 is 0 Å². The number of rotatable bonds is 7. The van der Waals surface area contributed by atoms with E-state index in [0.29, 0.717) is 0 Å². The molecule has 1 aromatic carbocycles. The van der Waals surface area contributed by atoms with Gasteiger partial charge in [0.15, 0.2) is 0 Å². The lowest BCUT2D eigenvalue weighted by atomic mass is 10.0. The third-order valence-corrected chi connectivity index (χ3v) is 3.05. The number of hydrogen-bond donors (Lipinski definition) is 1. The van der Waals surface area contributed by atoms with E-state index < -0.39 is 0 Å². The molecule has 2 heteroatoms. The lowest BCUT2D eigenvalue weighted by Crippen LogP contribution is -2.37. The highest BCUT2D eigenvalue weighted by atomic mass is 15.1. The standard InChI is InChI=1S/C17H28N2/c1-6-13-19(5)14-16-10-8-7-9-15(16)11-12-18-17(2,3)4/h6-10,18H,1,11-14H2,2-5H3. The van der Waals surface area contributed by atoms with Gasteiger partial charge in [0.1, 0.15) is 0 Å². The van der Waals surface area contributed by atoms with Gasteiger partial charge in [-0.25, -0.2) is 0 Å². The van der Waals surface area contributed by atoms with E-state index in [1.165, 1.54) is 11.1 Å². The topological polar surface area (TPSA) is 15.3 Å². The maximum Gasteiger partial charge on any atom is 0.0236 e. The van der Waals surface area contributed by atoms with Gasteiger partial charge >= 0.3 is 0 Å². The molecule has 0 amide bonds. The van der Waals surface area contributed by atoms with Gasteiger partial charge in [-0.2, -0.15) is 0 Å². The first-order valence-corrected chi connectivity index (χ1v) is 7.03. The number of likely N-dealkylation sites (N-methyl/N-ethyl adjacent to an activating group) is 1. The van der Waals surface area contributed by atoms with Gasteiger partial charge < -0.3 is 5.32 Å². The van der Waals surface area contributed by atoms with Gasteiger partial charge in [-0.1, -0.05) is 30.3 Å². The number of nitrogens with zero attached hydrogens (tertiary/aromatic N) is 1. The molecule has 0 aliphatic heterocycles. The van der Waals surface area contributed by atoms with Crippen molar-refractivity contribution in [1.82, 2.24) is 10.2 Å². The molecule has 0 fully saturated rings. The Labute approximate surface area is 118 Å². The molecule has 0 atom stereocenters. The molecule has 0 aliphatic rings. The second kappa shape index (κ2) is 7.46. The summed E-state index contributed by atoms with van der Waals surface area (Å²) in [6.07, 6.45) is 3.03. The molecular formula is C17H28N2. The van der Waals surface area contributed by atoms with E-state index in [-0.39, 0.29) is 5.54 Å². The highest BCUT2D eigenvalue weighted by Crippen LogP contribution is 2.12. The van der Waals surface area contributed by atoms with Gasteiger partial charge in [0.2, 0.25) is 0 Å². The zero-order chi connectivity index (χ0) is 14.3. The first-order valence-electron chi connectivity index (χ1n) is 7.03. The van der Waals surface area contributed by atoms with Crippen molar-refractivity contribution in [3.05, 3.63) is 48.0 Å². The van der Waals surface area contributed by atoms with Crippen LogP contribution in [0.3, 0.4) is 0 Å². The molecule has 106 valence electrons. The van der Waals surface area contributed by atoms with Gasteiger partial charge in [-0.05, 0) is 51.9 Å². The van der Waals surface area contributed by atoms with Crippen LogP contribution >= 0.6 is 0 Å². The van der Waals surface area contributed by atoms with Crippen molar-refractivity contribution in [2.75, 3.05) is 20.1 Å². The smallest absolute Gasteiger partial charge is 0.0236 e. The zero-order valence-electron chi connectivity index (χ0n) is 12.9. The Morgan fingerprint density at radius 1 is 1.21 bits per heavy atom.